The van der Waals surface area contributed by atoms with Crippen LogP contribution in [0.5, 0.6) is 0 Å². The lowest BCUT2D eigenvalue weighted by molar-refractivity contribution is -0.113. The summed E-state index contributed by atoms with van der Waals surface area (Å²) in [6, 6.07) is 3.48. The van der Waals surface area contributed by atoms with Crippen LogP contribution in [-0.4, -0.2) is 26.3 Å². The Labute approximate surface area is 108 Å². The van der Waals surface area contributed by atoms with Gasteiger partial charge in [0.25, 0.3) is 0 Å². The second-order valence-corrected chi connectivity index (χ2v) is 6.82. The molecule has 0 bridgehead atoms. The van der Waals surface area contributed by atoms with Crippen molar-refractivity contribution >= 4 is 43.0 Å². The lowest BCUT2D eigenvalue weighted by Gasteiger charge is -2.11. The first-order valence-electron chi connectivity index (χ1n) is 4.72. The van der Waals surface area contributed by atoms with Gasteiger partial charge in [-0.2, -0.15) is 0 Å². The number of carbonyl (C=O) groups excluding carboxylic acids is 1. The number of sulfone groups is 1. The summed E-state index contributed by atoms with van der Waals surface area (Å²) in [6.07, 6.45) is 1.00. The second kappa shape index (κ2) is 5.05. The third-order valence-electron chi connectivity index (χ3n) is 1.92. The highest BCUT2D eigenvalue weighted by molar-refractivity contribution is 9.10. The minimum atomic E-state index is -3.35. The number of rotatable bonds is 3. The molecule has 94 valence electrons. The number of nitrogens with two attached hydrogens (primary N) is 1. The van der Waals surface area contributed by atoms with E-state index < -0.39 is 21.5 Å². The molecular weight excluding hydrogens is 308 g/mol. The Kier molecular flexibility index (Phi) is 4.16. The van der Waals surface area contributed by atoms with Crippen LogP contribution in [0.3, 0.4) is 0 Å². The van der Waals surface area contributed by atoms with E-state index in [-0.39, 0.29) is 0 Å². The van der Waals surface area contributed by atoms with Gasteiger partial charge in [-0.05, 0) is 40.5 Å². The average molecular weight is 321 g/mol. The molecule has 0 fully saturated rings. The van der Waals surface area contributed by atoms with E-state index in [1.807, 2.05) is 6.92 Å². The molecule has 0 heterocycles. The minimum Gasteiger partial charge on any atom is -0.397 e. The smallest absolute Gasteiger partial charge is 0.239 e. The quantitative estimate of drug-likeness (QED) is 0.822. The molecule has 0 radical (unpaired) electrons. The van der Waals surface area contributed by atoms with Gasteiger partial charge >= 0.3 is 0 Å². The number of hydrogen-bond donors (Lipinski definition) is 2. The van der Waals surface area contributed by atoms with Crippen molar-refractivity contribution in [2.24, 2.45) is 0 Å². The second-order valence-electron chi connectivity index (χ2n) is 3.83. The summed E-state index contributed by atoms with van der Waals surface area (Å²) in [5, 5.41) is 2.47. The zero-order chi connectivity index (χ0) is 13.2. The molecule has 3 N–H and O–H groups in total. The first-order chi connectivity index (χ1) is 7.69. The number of halogens is 1. The van der Waals surface area contributed by atoms with Crippen molar-refractivity contribution in [1.82, 2.24) is 0 Å². The van der Waals surface area contributed by atoms with Crippen molar-refractivity contribution in [3.8, 4) is 0 Å². The lowest BCUT2D eigenvalue weighted by atomic mass is 10.2. The van der Waals surface area contributed by atoms with Gasteiger partial charge in [0.2, 0.25) is 5.91 Å². The van der Waals surface area contributed by atoms with Gasteiger partial charge in [0.15, 0.2) is 9.84 Å². The minimum absolute atomic E-state index is 0.388. The molecule has 1 aromatic rings. The molecular formula is C10H13BrN2O3S. The lowest BCUT2D eigenvalue weighted by Crippen LogP contribution is -2.22. The summed E-state index contributed by atoms with van der Waals surface area (Å²) in [5.74, 6) is -1.17. The van der Waals surface area contributed by atoms with Gasteiger partial charge in [-0.15, -0.1) is 0 Å². The molecule has 17 heavy (non-hydrogen) atoms. The Morgan fingerprint density at radius 2 is 2.06 bits per heavy atom. The van der Waals surface area contributed by atoms with Crippen LogP contribution in [-0.2, 0) is 14.6 Å². The SMILES string of the molecule is Cc1cc(N)c(NC(=O)CS(C)(=O)=O)c(Br)c1. The van der Waals surface area contributed by atoms with Crippen LogP contribution in [0.15, 0.2) is 16.6 Å². The molecule has 1 rings (SSSR count). The first-order valence-corrected chi connectivity index (χ1v) is 7.57. The first kappa shape index (κ1) is 14.0. The summed E-state index contributed by atoms with van der Waals surface area (Å²) >= 11 is 3.26. The largest absolute Gasteiger partial charge is 0.397 e. The van der Waals surface area contributed by atoms with Crippen LogP contribution in [0.4, 0.5) is 11.4 Å². The molecule has 1 aromatic carbocycles. The van der Waals surface area contributed by atoms with Gasteiger partial charge in [0.05, 0.1) is 11.4 Å². The van der Waals surface area contributed by atoms with Gasteiger partial charge in [-0.3, -0.25) is 4.79 Å². The fourth-order valence-electron chi connectivity index (χ4n) is 1.31. The van der Waals surface area contributed by atoms with Crippen LogP contribution >= 0.6 is 15.9 Å². The molecule has 0 aliphatic rings. The molecule has 0 atom stereocenters. The topological polar surface area (TPSA) is 89.3 Å². The zero-order valence-corrected chi connectivity index (χ0v) is 11.9. The zero-order valence-electron chi connectivity index (χ0n) is 9.45. The normalized spacial score (nSPS) is 11.2. The van der Waals surface area contributed by atoms with Gasteiger partial charge in [-0.25, -0.2) is 8.42 Å². The Bertz CT molecular complexity index is 532. The average Bonchev–Trinajstić information content (AvgIpc) is 2.08. The highest BCUT2D eigenvalue weighted by Crippen LogP contribution is 2.30. The number of hydrogen-bond acceptors (Lipinski definition) is 4. The highest BCUT2D eigenvalue weighted by Gasteiger charge is 2.14. The third-order valence-corrected chi connectivity index (χ3v) is 3.33. The van der Waals surface area contributed by atoms with Crippen molar-refractivity contribution in [2.75, 3.05) is 23.1 Å². The number of nitrogens with one attached hydrogen (secondary N) is 1. The molecule has 0 saturated heterocycles. The van der Waals surface area contributed by atoms with E-state index >= 15 is 0 Å². The molecule has 0 aliphatic heterocycles. The Balaban J connectivity index is 2.93. The Hall–Kier alpha value is -1.08. The molecule has 1 amide bonds. The van der Waals surface area contributed by atoms with Crippen molar-refractivity contribution in [3.63, 3.8) is 0 Å². The predicted octanol–water partition coefficient (Wildman–Crippen LogP) is 1.32. The van der Waals surface area contributed by atoms with Crippen molar-refractivity contribution in [2.45, 2.75) is 6.92 Å². The third kappa shape index (κ3) is 4.35. The van der Waals surface area contributed by atoms with E-state index in [9.17, 15) is 13.2 Å². The molecule has 0 aromatic heterocycles. The summed E-state index contributed by atoms with van der Waals surface area (Å²) in [6.45, 7) is 1.86. The molecule has 0 aliphatic carbocycles. The van der Waals surface area contributed by atoms with Crippen LogP contribution in [0, 0.1) is 6.92 Å². The predicted molar refractivity (Wildman–Crippen MR) is 71.6 cm³/mol. The maximum atomic E-state index is 11.5. The molecule has 7 heteroatoms. The maximum Gasteiger partial charge on any atom is 0.239 e. The number of carbonyl (C=O) groups is 1. The van der Waals surface area contributed by atoms with Crippen LogP contribution < -0.4 is 11.1 Å². The highest BCUT2D eigenvalue weighted by atomic mass is 79.9. The van der Waals surface area contributed by atoms with E-state index in [0.29, 0.717) is 15.8 Å². The van der Waals surface area contributed by atoms with E-state index in [2.05, 4.69) is 21.2 Å². The number of anilines is 2. The summed E-state index contributed by atoms with van der Waals surface area (Å²) in [7, 11) is -3.35. The number of nitrogen functional groups attached to an aromatic ring is 1. The van der Waals surface area contributed by atoms with Crippen molar-refractivity contribution < 1.29 is 13.2 Å². The fourth-order valence-corrected chi connectivity index (χ4v) is 2.55. The molecule has 0 saturated carbocycles. The van der Waals surface area contributed by atoms with Gasteiger partial charge in [0, 0.05) is 10.7 Å². The van der Waals surface area contributed by atoms with Crippen LogP contribution in [0.2, 0.25) is 0 Å². The Morgan fingerprint density at radius 1 is 1.47 bits per heavy atom. The molecule has 0 unspecified atom stereocenters. The number of amides is 1. The monoisotopic (exact) mass is 320 g/mol. The number of aryl methyl sites for hydroxylation is 1. The fraction of sp³-hybridized carbons (Fsp3) is 0.300. The van der Waals surface area contributed by atoms with Gasteiger partial charge in [-0.1, -0.05) is 0 Å². The number of benzene rings is 1. The maximum absolute atomic E-state index is 11.5. The molecule has 0 spiro atoms. The van der Waals surface area contributed by atoms with Gasteiger partial charge < -0.3 is 11.1 Å². The van der Waals surface area contributed by atoms with Crippen LogP contribution in [0.25, 0.3) is 0 Å². The van der Waals surface area contributed by atoms with Crippen LogP contribution in [0.1, 0.15) is 5.56 Å². The van der Waals surface area contributed by atoms with Gasteiger partial charge in [0.1, 0.15) is 5.75 Å². The van der Waals surface area contributed by atoms with Crippen molar-refractivity contribution in [1.29, 1.82) is 0 Å². The van der Waals surface area contributed by atoms with E-state index in [1.54, 1.807) is 12.1 Å². The Morgan fingerprint density at radius 3 is 2.53 bits per heavy atom. The summed E-state index contributed by atoms with van der Waals surface area (Å²) < 4.78 is 22.5. The van der Waals surface area contributed by atoms with E-state index in [1.165, 1.54) is 0 Å². The van der Waals surface area contributed by atoms with E-state index in [0.717, 1.165) is 11.8 Å². The summed E-state index contributed by atoms with van der Waals surface area (Å²) in [5.41, 5.74) is 7.46. The van der Waals surface area contributed by atoms with Crippen molar-refractivity contribution in [3.05, 3.63) is 22.2 Å². The standard InChI is InChI=1S/C10H13BrN2O3S/c1-6-3-7(11)10(8(12)4-6)13-9(14)5-17(2,15)16/h3-4H,5,12H2,1-2H3,(H,13,14). The summed E-state index contributed by atoms with van der Waals surface area (Å²) in [4.78, 5) is 11.5. The molecule has 5 nitrogen and oxygen atoms in total. The van der Waals surface area contributed by atoms with E-state index in [4.69, 9.17) is 5.73 Å².